The van der Waals surface area contributed by atoms with Crippen molar-refractivity contribution in [2.75, 3.05) is 0 Å². The van der Waals surface area contributed by atoms with Gasteiger partial charge in [-0.3, -0.25) is 0 Å². The van der Waals surface area contributed by atoms with Crippen molar-refractivity contribution in [3.63, 3.8) is 0 Å². The second-order valence-electron chi connectivity index (χ2n) is 10.6. The highest BCUT2D eigenvalue weighted by molar-refractivity contribution is 5.33. The third kappa shape index (κ3) is 8.09. The maximum Gasteiger partial charge on any atom is 0.112 e. The fourth-order valence-corrected chi connectivity index (χ4v) is 5.63. The highest BCUT2D eigenvalue weighted by Gasteiger charge is 2.39. The molecular weight excluding hydrogens is 424 g/mol. The van der Waals surface area contributed by atoms with Crippen LogP contribution in [-0.4, -0.2) is 9.55 Å². The lowest BCUT2D eigenvalue weighted by molar-refractivity contribution is 0.321. The van der Waals surface area contributed by atoms with E-state index in [0.717, 1.165) is 13.0 Å². The summed E-state index contributed by atoms with van der Waals surface area (Å²) in [5.41, 5.74) is 2.82. The Hall–Kier alpha value is -2.35. The van der Waals surface area contributed by atoms with Crippen LogP contribution in [-0.2, 0) is 18.4 Å². The maximum atomic E-state index is 5.01. The standard InChI is InChI=1S/C33H48N2/c1-4-6-8-9-10-11-12-19-24-31(32-34-25-27-35(32)26-7-5-2)33(3,30-22-17-14-18-23-30)28-29-20-15-13-16-21-29/h13-18,20-23,25,27,31H,4-12,19,24,26,28H2,1-3H3. The molecule has 0 aliphatic rings. The van der Waals surface area contributed by atoms with E-state index >= 15 is 0 Å². The normalized spacial score (nSPS) is 14.0. The number of benzene rings is 2. The summed E-state index contributed by atoms with van der Waals surface area (Å²) < 4.78 is 2.45. The predicted molar refractivity (Wildman–Crippen MR) is 151 cm³/mol. The van der Waals surface area contributed by atoms with Crippen LogP contribution in [0, 0.1) is 0 Å². The van der Waals surface area contributed by atoms with Gasteiger partial charge in [0, 0.05) is 30.3 Å². The third-order valence-corrected chi connectivity index (χ3v) is 7.77. The van der Waals surface area contributed by atoms with Crippen molar-refractivity contribution in [1.29, 1.82) is 0 Å². The summed E-state index contributed by atoms with van der Waals surface area (Å²) in [7, 11) is 0. The van der Waals surface area contributed by atoms with Gasteiger partial charge in [-0.05, 0) is 30.4 Å². The number of unbranched alkanes of at least 4 members (excludes halogenated alkanes) is 8. The van der Waals surface area contributed by atoms with E-state index in [1.165, 1.54) is 87.6 Å². The Labute approximate surface area is 215 Å². The Morgan fingerprint density at radius 2 is 1.34 bits per heavy atom. The zero-order valence-electron chi connectivity index (χ0n) is 22.6. The monoisotopic (exact) mass is 472 g/mol. The van der Waals surface area contributed by atoms with Crippen molar-refractivity contribution in [2.45, 2.75) is 116 Å². The van der Waals surface area contributed by atoms with Gasteiger partial charge in [0.2, 0.25) is 0 Å². The fraction of sp³-hybridized carbons (Fsp3) is 0.545. The summed E-state index contributed by atoms with van der Waals surface area (Å²) >= 11 is 0. The predicted octanol–water partition coefficient (Wildman–Crippen LogP) is 9.50. The lowest BCUT2D eigenvalue weighted by atomic mass is 9.66. The van der Waals surface area contributed by atoms with Crippen LogP contribution >= 0.6 is 0 Å². The van der Waals surface area contributed by atoms with E-state index in [1.54, 1.807) is 0 Å². The lowest BCUT2D eigenvalue weighted by Crippen LogP contribution is -2.35. The van der Waals surface area contributed by atoms with Crippen LogP contribution in [0.25, 0.3) is 0 Å². The Morgan fingerprint density at radius 3 is 2.00 bits per heavy atom. The fourth-order valence-electron chi connectivity index (χ4n) is 5.63. The molecule has 0 saturated heterocycles. The molecule has 190 valence electrons. The molecule has 3 rings (SSSR count). The van der Waals surface area contributed by atoms with Gasteiger partial charge >= 0.3 is 0 Å². The minimum Gasteiger partial charge on any atom is -0.335 e. The highest BCUT2D eigenvalue weighted by Crippen LogP contribution is 2.44. The van der Waals surface area contributed by atoms with Gasteiger partial charge < -0.3 is 4.57 Å². The van der Waals surface area contributed by atoms with Gasteiger partial charge in [0.05, 0.1) is 0 Å². The molecular formula is C33H48N2. The Kier molecular flexibility index (Phi) is 11.6. The smallest absolute Gasteiger partial charge is 0.112 e. The molecule has 35 heavy (non-hydrogen) atoms. The molecule has 3 aromatic rings. The van der Waals surface area contributed by atoms with Crippen molar-refractivity contribution in [1.82, 2.24) is 9.55 Å². The summed E-state index contributed by atoms with van der Waals surface area (Å²) in [4.78, 5) is 5.01. The number of hydrogen-bond donors (Lipinski definition) is 0. The van der Waals surface area contributed by atoms with E-state index in [2.05, 4.69) is 92.2 Å². The second-order valence-corrected chi connectivity index (χ2v) is 10.6. The van der Waals surface area contributed by atoms with Crippen molar-refractivity contribution < 1.29 is 0 Å². The first-order chi connectivity index (χ1) is 17.2. The third-order valence-electron chi connectivity index (χ3n) is 7.77. The molecule has 0 radical (unpaired) electrons. The molecule has 0 spiro atoms. The molecule has 0 N–H and O–H groups in total. The van der Waals surface area contributed by atoms with E-state index in [9.17, 15) is 0 Å². The van der Waals surface area contributed by atoms with E-state index < -0.39 is 0 Å². The van der Waals surface area contributed by atoms with E-state index in [4.69, 9.17) is 4.98 Å². The zero-order valence-corrected chi connectivity index (χ0v) is 22.6. The summed E-state index contributed by atoms with van der Waals surface area (Å²) in [6, 6.07) is 22.3. The van der Waals surface area contributed by atoms with Gasteiger partial charge in [-0.2, -0.15) is 0 Å². The summed E-state index contributed by atoms with van der Waals surface area (Å²) in [6.45, 7) is 8.13. The van der Waals surface area contributed by atoms with E-state index in [-0.39, 0.29) is 5.41 Å². The van der Waals surface area contributed by atoms with Crippen LogP contribution in [0.2, 0.25) is 0 Å². The van der Waals surface area contributed by atoms with Crippen LogP contribution in [0.4, 0.5) is 0 Å². The second kappa shape index (κ2) is 14.9. The van der Waals surface area contributed by atoms with Gasteiger partial charge in [0.25, 0.3) is 0 Å². The Morgan fingerprint density at radius 1 is 0.743 bits per heavy atom. The molecule has 2 unspecified atom stereocenters. The number of imidazole rings is 1. The van der Waals surface area contributed by atoms with Crippen LogP contribution in [0.3, 0.4) is 0 Å². The molecule has 0 saturated carbocycles. The van der Waals surface area contributed by atoms with Crippen molar-refractivity contribution in [2.24, 2.45) is 0 Å². The number of aromatic nitrogens is 2. The van der Waals surface area contributed by atoms with Crippen LogP contribution < -0.4 is 0 Å². The topological polar surface area (TPSA) is 17.8 Å². The van der Waals surface area contributed by atoms with Crippen LogP contribution in [0.5, 0.6) is 0 Å². The van der Waals surface area contributed by atoms with E-state index in [1.807, 2.05) is 6.20 Å². The average molecular weight is 473 g/mol. The summed E-state index contributed by atoms with van der Waals surface area (Å²) in [6.07, 6.45) is 19.7. The maximum absolute atomic E-state index is 5.01. The summed E-state index contributed by atoms with van der Waals surface area (Å²) in [5, 5.41) is 0. The number of hydrogen-bond acceptors (Lipinski definition) is 1. The molecule has 0 bridgehead atoms. The molecule has 2 heteroatoms. The number of nitrogens with zero attached hydrogens (tertiary/aromatic N) is 2. The van der Waals surface area contributed by atoms with Gasteiger partial charge in [-0.25, -0.2) is 4.98 Å². The number of rotatable bonds is 17. The Balaban J connectivity index is 1.86. The Bertz CT molecular complexity index is 930. The molecule has 2 aromatic carbocycles. The van der Waals surface area contributed by atoms with Crippen LogP contribution in [0.1, 0.15) is 114 Å². The van der Waals surface area contributed by atoms with Crippen molar-refractivity contribution in [3.05, 3.63) is 90.0 Å². The minimum absolute atomic E-state index is 0.0148. The van der Waals surface area contributed by atoms with Crippen LogP contribution in [0.15, 0.2) is 73.1 Å². The molecule has 2 atom stereocenters. The van der Waals surface area contributed by atoms with Gasteiger partial charge in [0.15, 0.2) is 0 Å². The number of aryl methyl sites for hydroxylation is 1. The molecule has 0 aliphatic heterocycles. The molecule has 0 amide bonds. The minimum atomic E-state index is -0.0148. The zero-order chi connectivity index (χ0) is 24.8. The van der Waals surface area contributed by atoms with E-state index in [0.29, 0.717) is 5.92 Å². The van der Waals surface area contributed by atoms with Gasteiger partial charge in [0.1, 0.15) is 5.82 Å². The lowest BCUT2D eigenvalue weighted by Gasteiger charge is -2.39. The van der Waals surface area contributed by atoms with Gasteiger partial charge in [-0.1, -0.05) is 139 Å². The molecule has 1 heterocycles. The molecule has 2 nitrogen and oxygen atoms in total. The first-order valence-corrected chi connectivity index (χ1v) is 14.3. The van der Waals surface area contributed by atoms with Crippen molar-refractivity contribution >= 4 is 0 Å². The molecule has 0 aliphatic carbocycles. The molecule has 0 fully saturated rings. The SMILES string of the molecule is CCCCCCCCCCC(c1nccn1CCCC)C(C)(Cc1ccccc1)c1ccccc1. The quantitative estimate of drug-likeness (QED) is 0.179. The first kappa shape index (κ1) is 27.2. The summed E-state index contributed by atoms with van der Waals surface area (Å²) in [5.74, 6) is 1.67. The molecule has 1 aromatic heterocycles. The highest BCUT2D eigenvalue weighted by atomic mass is 15.1. The average Bonchev–Trinajstić information content (AvgIpc) is 3.35. The first-order valence-electron chi connectivity index (χ1n) is 14.3. The van der Waals surface area contributed by atoms with Gasteiger partial charge in [-0.15, -0.1) is 0 Å². The largest absolute Gasteiger partial charge is 0.335 e. The van der Waals surface area contributed by atoms with Crippen molar-refractivity contribution in [3.8, 4) is 0 Å².